The molecule has 120 valence electrons. The third kappa shape index (κ3) is 3.68. The van der Waals surface area contributed by atoms with Crippen LogP contribution in [0.2, 0.25) is 0 Å². The van der Waals surface area contributed by atoms with Crippen molar-refractivity contribution in [2.75, 3.05) is 0 Å². The maximum Gasteiger partial charge on any atom is 0.105 e. The number of nitrogens with zero attached hydrogens (tertiary/aromatic N) is 3. The van der Waals surface area contributed by atoms with E-state index in [2.05, 4.69) is 56.3 Å². The molecule has 0 bridgehead atoms. The molecular weight excluding hydrogens is 286 g/mol. The summed E-state index contributed by atoms with van der Waals surface area (Å²) in [6.07, 6.45) is 3.86. The fraction of sp³-hybridized carbons (Fsp3) is 0.333. The highest BCUT2D eigenvalue weighted by Gasteiger charge is 2.05. The molecule has 0 saturated heterocycles. The molecule has 0 saturated carbocycles. The first-order valence-corrected chi connectivity index (χ1v) is 7.90. The van der Waals surface area contributed by atoms with Crippen LogP contribution in [0.25, 0.3) is 0 Å². The van der Waals surface area contributed by atoms with Crippen LogP contribution < -0.4 is 5.32 Å². The quantitative estimate of drug-likeness (QED) is 0.736. The van der Waals surface area contributed by atoms with Crippen LogP contribution in [0.5, 0.6) is 0 Å². The molecule has 0 spiro atoms. The van der Waals surface area contributed by atoms with Crippen molar-refractivity contribution in [3.8, 4) is 0 Å². The van der Waals surface area contributed by atoms with Crippen molar-refractivity contribution in [1.29, 1.82) is 0 Å². The number of nitrogens with one attached hydrogen (secondary N) is 2. The Kier molecular flexibility index (Phi) is 4.57. The number of benzene rings is 1. The van der Waals surface area contributed by atoms with E-state index in [9.17, 15) is 0 Å². The largest absolute Gasteiger partial charge is 0.331 e. The van der Waals surface area contributed by atoms with E-state index in [1.54, 1.807) is 0 Å². The number of hydrogen-bond acceptors (Lipinski definition) is 3. The second kappa shape index (κ2) is 6.79. The minimum Gasteiger partial charge on any atom is -0.331 e. The van der Waals surface area contributed by atoms with Gasteiger partial charge in [0.15, 0.2) is 0 Å². The van der Waals surface area contributed by atoms with Gasteiger partial charge in [-0.1, -0.05) is 24.3 Å². The molecule has 2 N–H and O–H groups in total. The molecule has 1 aromatic carbocycles. The summed E-state index contributed by atoms with van der Waals surface area (Å²) in [7, 11) is 0. The molecule has 5 heteroatoms. The van der Waals surface area contributed by atoms with E-state index in [1.165, 1.54) is 16.7 Å². The van der Waals surface area contributed by atoms with Gasteiger partial charge in [0.25, 0.3) is 0 Å². The Morgan fingerprint density at radius 2 is 1.96 bits per heavy atom. The number of rotatable bonds is 6. The number of aromatic nitrogens is 4. The summed E-state index contributed by atoms with van der Waals surface area (Å²) in [5.74, 6) is 1.04. The molecule has 0 amide bonds. The maximum absolute atomic E-state index is 4.27. The van der Waals surface area contributed by atoms with Crippen molar-refractivity contribution in [3.05, 3.63) is 70.6 Å². The Labute approximate surface area is 136 Å². The third-order valence-corrected chi connectivity index (χ3v) is 4.18. The van der Waals surface area contributed by atoms with Crippen LogP contribution in [0, 0.1) is 20.8 Å². The molecule has 2 aromatic heterocycles. The minimum atomic E-state index is 0.832. The van der Waals surface area contributed by atoms with Crippen molar-refractivity contribution in [3.63, 3.8) is 0 Å². The number of H-pyrrole nitrogens is 1. The van der Waals surface area contributed by atoms with E-state index < -0.39 is 0 Å². The summed E-state index contributed by atoms with van der Waals surface area (Å²) in [4.78, 5) is 4.27. The van der Waals surface area contributed by atoms with E-state index in [0.717, 1.165) is 36.8 Å². The highest BCUT2D eigenvalue weighted by molar-refractivity contribution is 5.25. The summed E-state index contributed by atoms with van der Waals surface area (Å²) in [6.45, 7) is 8.67. The van der Waals surface area contributed by atoms with Crippen LogP contribution in [-0.4, -0.2) is 19.7 Å². The third-order valence-electron chi connectivity index (χ3n) is 4.18. The van der Waals surface area contributed by atoms with Gasteiger partial charge in [0.1, 0.15) is 5.82 Å². The van der Waals surface area contributed by atoms with Gasteiger partial charge in [-0.05, 0) is 31.9 Å². The van der Waals surface area contributed by atoms with E-state index in [-0.39, 0.29) is 0 Å². The monoisotopic (exact) mass is 309 g/mol. The van der Waals surface area contributed by atoms with Gasteiger partial charge in [0.05, 0.1) is 5.69 Å². The van der Waals surface area contributed by atoms with E-state index in [1.807, 2.05) is 26.2 Å². The highest BCUT2D eigenvalue weighted by atomic mass is 15.1. The molecule has 0 aliphatic rings. The fourth-order valence-corrected chi connectivity index (χ4v) is 2.77. The van der Waals surface area contributed by atoms with Gasteiger partial charge in [-0.25, -0.2) is 4.98 Å². The average molecular weight is 309 g/mol. The minimum absolute atomic E-state index is 0.832. The molecule has 0 unspecified atom stereocenters. The first-order chi connectivity index (χ1) is 11.1. The second-order valence-electron chi connectivity index (χ2n) is 5.94. The van der Waals surface area contributed by atoms with Crippen LogP contribution >= 0.6 is 0 Å². The zero-order valence-corrected chi connectivity index (χ0v) is 13.9. The summed E-state index contributed by atoms with van der Waals surface area (Å²) >= 11 is 0. The van der Waals surface area contributed by atoms with Gasteiger partial charge >= 0.3 is 0 Å². The van der Waals surface area contributed by atoms with Gasteiger partial charge in [-0.3, -0.25) is 5.10 Å². The Morgan fingerprint density at radius 3 is 2.65 bits per heavy atom. The van der Waals surface area contributed by atoms with Crippen LogP contribution in [0.3, 0.4) is 0 Å². The van der Waals surface area contributed by atoms with Gasteiger partial charge in [-0.2, -0.15) is 5.10 Å². The van der Waals surface area contributed by atoms with E-state index in [4.69, 9.17) is 0 Å². The van der Waals surface area contributed by atoms with Crippen LogP contribution in [0.15, 0.2) is 36.7 Å². The first kappa shape index (κ1) is 15.5. The fourth-order valence-electron chi connectivity index (χ4n) is 2.77. The van der Waals surface area contributed by atoms with Crippen molar-refractivity contribution in [2.24, 2.45) is 0 Å². The molecule has 3 rings (SSSR count). The lowest BCUT2D eigenvalue weighted by molar-refractivity contribution is 0.686. The maximum atomic E-state index is 4.27. The predicted octanol–water partition coefficient (Wildman–Crippen LogP) is 2.87. The van der Waals surface area contributed by atoms with Crippen molar-refractivity contribution < 1.29 is 0 Å². The molecule has 0 fully saturated rings. The molecule has 23 heavy (non-hydrogen) atoms. The van der Waals surface area contributed by atoms with Gasteiger partial charge in [0, 0.05) is 43.3 Å². The number of imidazole rings is 1. The lowest BCUT2D eigenvalue weighted by Crippen LogP contribution is -2.14. The lowest BCUT2D eigenvalue weighted by atomic mass is 10.1. The summed E-state index contributed by atoms with van der Waals surface area (Å²) in [6, 6.07) is 8.69. The molecule has 0 aliphatic carbocycles. The second-order valence-corrected chi connectivity index (χ2v) is 5.94. The molecule has 0 aliphatic heterocycles. The van der Waals surface area contributed by atoms with Crippen molar-refractivity contribution in [2.45, 2.75) is 40.4 Å². The van der Waals surface area contributed by atoms with E-state index in [0.29, 0.717) is 0 Å². The highest BCUT2D eigenvalue weighted by Crippen LogP contribution is 2.11. The van der Waals surface area contributed by atoms with E-state index >= 15 is 0 Å². The number of aryl methyl sites for hydroxylation is 3. The summed E-state index contributed by atoms with van der Waals surface area (Å²) in [5.41, 5.74) is 6.05. The Bertz CT molecular complexity index is 765. The standard InChI is InChI=1S/C18H23N5/c1-13-18(14(2)22-21-13)11-19-10-16-5-4-6-17(9-16)12-23-8-7-20-15(23)3/h4-9,19H,10-12H2,1-3H3,(H,21,22). The van der Waals surface area contributed by atoms with Gasteiger partial charge in [-0.15, -0.1) is 0 Å². The molecule has 0 atom stereocenters. The molecular formula is C18H23N5. The average Bonchev–Trinajstić information content (AvgIpc) is 3.08. The summed E-state index contributed by atoms with van der Waals surface area (Å²) < 4.78 is 2.16. The Morgan fingerprint density at radius 1 is 1.13 bits per heavy atom. The normalized spacial score (nSPS) is 11.1. The summed E-state index contributed by atoms with van der Waals surface area (Å²) in [5, 5.41) is 10.8. The topological polar surface area (TPSA) is 58.5 Å². The SMILES string of the molecule is Cc1n[nH]c(C)c1CNCc1cccc(Cn2ccnc2C)c1. The lowest BCUT2D eigenvalue weighted by Gasteiger charge is -2.09. The van der Waals surface area contributed by atoms with Gasteiger partial charge in [0.2, 0.25) is 0 Å². The van der Waals surface area contributed by atoms with Crippen LogP contribution in [0.4, 0.5) is 0 Å². The Balaban J connectivity index is 1.61. The molecule has 5 nitrogen and oxygen atoms in total. The number of hydrogen-bond donors (Lipinski definition) is 2. The van der Waals surface area contributed by atoms with Gasteiger partial charge < -0.3 is 9.88 Å². The molecule has 2 heterocycles. The smallest absolute Gasteiger partial charge is 0.105 e. The molecule has 3 aromatic rings. The molecule has 0 radical (unpaired) electrons. The Hall–Kier alpha value is -2.40. The van der Waals surface area contributed by atoms with Crippen LogP contribution in [0.1, 0.15) is 33.9 Å². The van der Waals surface area contributed by atoms with Crippen LogP contribution in [-0.2, 0) is 19.6 Å². The predicted molar refractivity (Wildman–Crippen MR) is 91.1 cm³/mol. The van der Waals surface area contributed by atoms with Crippen molar-refractivity contribution >= 4 is 0 Å². The van der Waals surface area contributed by atoms with Crippen molar-refractivity contribution in [1.82, 2.24) is 25.1 Å². The zero-order valence-electron chi connectivity index (χ0n) is 13.9. The number of aromatic amines is 1. The zero-order chi connectivity index (χ0) is 16.2. The first-order valence-electron chi connectivity index (χ1n) is 7.90.